The van der Waals surface area contributed by atoms with Crippen LogP contribution in [-0.4, -0.2) is 33.9 Å². The van der Waals surface area contributed by atoms with Gasteiger partial charge in [0.25, 0.3) is 5.91 Å². The van der Waals surface area contributed by atoms with E-state index in [2.05, 4.69) is 20.1 Å². The predicted octanol–water partition coefficient (Wildman–Crippen LogP) is 3.83. The van der Waals surface area contributed by atoms with E-state index in [0.717, 1.165) is 0 Å². The topological polar surface area (TPSA) is 78.3 Å². The molecule has 1 amide bonds. The summed E-state index contributed by atoms with van der Waals surface area (Å²) in [5, 5.41) is 6.91. The molecule has 146 valence electrons. The fourth-order valence-corrected chi connectivity index (χ4v) is 2.49. The van der Waals surface area contributed by atoms with Gasteiger partial charge in [-0.05, 0) is 62.4 Å². The van der Waals surface area contributed by atoms with Crippen molar-refractivity contribution < 1.29 is 23.0 Å². The Kier molecular flexibility index (Phi) is 5.83. The predicted molar refractivity (Wildman–Crippen MR) is 98.3 cm³/mol. The van der Waals surface area contributed by atoms with Gasteiger partial charge in [-0.25, -0.2) is 9.67 Å². The number of amides is 1. The average Bonchev–Trinajstić information content (AvgIpc) is 3.06. The van der Waals surface area contributed by atoms with Crippen LogP contribution in [0.3, 0.4) is 0 Å². The number of benzene rings is 2. The number of rotatable bonds is 7. The van der Waals surface area contributed by atoms with E-state index in [0.29, 0.717) is 29.6 Å². The van der Waals surface area contributed by atoms with E-state index < -0.39 is 12.5 Å². The third kappa shape index (κ3) is 4.61. The Morgan fingerprint density at radius 1 is 1.11 bits per heavy atom. The van der Waals surface area contributed by atoms with E-state index in [1.807, 2.05) is 6.92 Å². The van der Waals surface area contributed by atoms with E-state index >= 15 is 0 Å². The summed E-state index contributed by atoms with van der Waals surface area (Å²) in [5.41, 5.74) is 1.14. The Hall–Kier alpha value is -3.49. The molecule has 0 aliphatic heterocycles. The van der Waals surface area contributed by atoms with Gasteiger partial charge in [-0.2, -0.15) is 8.78 Å². The van der Waals surface area contributed by atoms with E-state index in [4.69, 9.17) is 4.74 Å². The summed E-state index contributed by atoms with van der Waals surface area (Å²) in [7, 11) is 0. The Balaban J connectivity index is 1.73. The lowest BCUT2D eigenvalue weighted by Crippen LogP contribution is -2.14. The first-order valence-electron chi connectivity index (χ1n) is 8.49. The van der Waals surface area contributed by atoms with Crippen LogP contribution in [0.25, 0.3) is 5.69 Å². The molecule has 0 spiro atoms. The Morgan fingerprint density at radius 2 is 1.75 bits per heavy atom. The maximum atomic E-state index is 12.4. The average molecular weight is 388 g/mol. The van der Waals surface area contributed by atoms with Gasteiger partial charge in [0.05, 0.1) is 12.3 Å². The molecule has 0 radical (unpaired) electrons. The van der Waals surface area contributed by atoms with Crippen LogP contribution >= 0.6 is 0 Å². The number of ether oxygens (including phenoxy) is 2. The minimum atomic E-state index is -2.89. The lowest BCUT2D eigenvalue weighted by molar-refractivity contribution is -0.0498. The van der Waals surface area contributed by atoms with Crippen molar-refractivity contribution in [3.63, 3.8) is 0 Å². The van der Waals surface area contributed by atoms with Gasteiger partial charge in [0.15, 0.2) is 0 Å². The first kappa shape index (κ1) is 19.3. The number of nitrogens with one attached hydrogen (secondary N) is 1. The zero-order valence-corrected chi connectivity index (χ0v) is 15.2. The third-order valence-electron chi connectivity index (χ3n) is 3.70. The number of aryl methyl sites for hydroxylation is 1. The largest absolute Gasteiger partial charge is 0.494 e. The summed E-state index contributed by atoms with van der Waals surface area (Å²) in [6.07, 6.45) is 0. The highest BCUT2D eigenvalue weighted by molar-refractivity contribution is 6.01. The molecule has 1 aromatic heterocycles. The van der Waals surface area contributed by atoms with Crippen molar-refractivity contribution in [3.05, 3.63) is 60.2 Å². The molecule has 3 aromatic rings. The Bertz CT molecular complexity index is 941. The van der Waals surface area contributed by atoms with Crippen LogP contribution in [0.4, 0.5) is 14.5 Å². The molecule has 0 aliphatic carbocycles. The van der Waals surface area contributed by atoms with Gasteiger partial charge in [0.2, 0.25) is 5.82 Å². The molecule has 0 saturated carbocycles. The number of nitrogens with zero attached hydrogens (tertiary/aromatic N) is 3. The molecule has 0 saturated heterocycles. The minimum absolute atomic E-state index is 0.0145. The third-order valence-corrected chi connectivity index (χ3v) is 3.70. The molecular weight excluding hydrogens is 370 g/mol. The second kappa shape index (κ2) is 8.47. The van der Waals surface area contributed by atoms with Gasteiger partial charge in [0, 0.05) is 5.69 Å². The highest BCUT2D eigenvalue weighted by Crippen LogP contribution is 2.19. The molecule has 7 nitrogen and oxygen atoms in total. The Labute approximate surface area is 159 Å². The summed E-state index contributed by atoms with van der Waals surface area (Å²) in [6.45, 7) is 1.24. The standard InChI is InChI=1S/C19H18F2N4O3/c1-3-27-15-8-4-13(5-9-15)23-18(26)17-22-12(2)25(24-17)14-6-10-16(11-7-14)28-19(20)21/h4-11,19H,3H2,1-2H3,(H,23,26). The number of alkyl halides is 2. The van der Waals surface area contributed by atoms with Crippen LogP contribution in [0.2, 0.25) is 0 Å². The molecule has 1 heterocycles. The van der Waals surface area contributed by atoms with Crippen LogP contribution < -0.4 is 14.8 Å². The van der Waals surface area contributed by atoms with E-state index in [1.54, 1.807) is 43.3 Å². The van der Waals surface area contributed by atoms with Crippen molar-refractivity contribution in [1.29, 1.82) is 0 Å². The highest BCUT2D eigenvalue weighted by Gasteiger charge is 2.16. The van der Waals surface area contributed by atoms with Gasteiger partial charge in [-0.1, -0.05) is 0 Å². The van der Waals surface area contributed by atoms with E-state index in [1.165, 1.54) is 16.8 Å². The zero-order chi connectivity index (χ0) is 20.1. The maximum Gasteiger partial charge on any atom is 0.387 e. The molecule has 0 atom stereocenters. The van der Waals surface area contributed by atoms with Crippen molar-refractivity contribution >= 4 is 11.6 Å². The summed E-state index contributed by atoms with van der Waals surface area (Å²) >= 11 is 0. The molecule has 0 unspecified atom stereocenters. The quantitative estimate of drug-likeness (QED) is 0.666. The first-order chi connectivity index (χ1) is 13.5. The lowest BCUT2D eigenvalue weighted by atomic mass is 10.3. The monoisotopic (exact) mass is 388 g/mol. The lowest BCUT2D eigenvalue weighted by Gasteiger charge is -2.06. The second-order valence-corrected chi connectivity index (χ2v) is 5.68. The molecular formula is C19H18F2N4O3. The summed E-state index contributed by atoms with van der Waals surface area (Å²) in [6, 6.07) is 12.8. The fraction of sp³-hybridized carbons (Fsp3) is 0.211. The molecule has 1 N–H and O–H groups in total. The second-order valence-electron chi connectivity index (χ2n) is 5.68. The summed E-state index contributed by atoms with van der Waals surface area (Å²) in [4.78, 5) is 16.6. The van der Waals surface area contributed by atoms with Crippen LogP contribution in [-0.2, 0) is 0 Å². The maximum absolute atomic E-state index is 12.4. The van der Waals surface area contributed by atoms with Gasteiger partial charge in [-0.15, -0.1) is 5.10 Å². The van der Waals surface area contributed by atoms with E-state index in [-0.39, 0.29) is 11.6 Å². The van der Waals surface area contributed by atoms with Crippen molar-refractivity contribution in [3.8, 4) is 17.2 Å². The van der Waals surface area contributed by atoms with Crippen molar-refractivity contribution in [2.24, 2.45) is 0 Å². The van der Waals surface area contributed by atoms with Crippen molar-refractivity contribution in [1.82, 2.24) is 14.8 Å². The van der Waals surface area contributed by atoms with Gasteiger partial charge in [0.1, 0.15) is 17.3 Å². The SMILES string of the molecule is CCOc1ccc(NC(=O)c2nc(C)n(-c3ccc(OC(F)F)cc3)n2)cc1. The smallest absolute Gasteiger partial charge is 0.387 e. The van der Waals surface area contributed by atoms with Crippen LogP contribution in [0.5, 0.6) is 11.5 Å². The number of carbonyl (C=O) groups is 1. The molecule has 9 heteroatoms. The number of anilines is 1. The molecule has 3 rings (SSSR count). The molecule has 0 fully saturated rings. The normalized spacial score (nSPS) is 10.8. The highest BCUT2D eigenvalue weighted by atomic mass is 19.3. The van der Waals surface area contributed by atoms with Crippen molar-refractivity contribution in [2.45, 2.75) is 20.5 Å². The van der Waals surface area contributed by atoms with E-state index in [9.17, 15) is 13.6 Å². The summed E-state index contributed by atoms with van der Waals surface area (Å²) in [5.74, 6) is 0.727. The number of aromatic nitrogens is 3. The number of halogens is 2. The van der Waals surface area contributed by atoms with Crippen LogP contribution in [0.15, 0.2) is 48.5 Å². The van der Waals surface area contributed by atoms with Crippen LogP contribution in [0, 0.1) is 6.92 Å². The zero-order valence-electron chi connectivity index (χ0n) is 15.2. The fourth-order valence-electron chi connectivity index (χ4n) is 2.49. The molecule has 0 aliphatic rings. The van der Waals surface area contributed by atoms with Crippen LogP contribution in [0.1, 0.15) is 23.4 Å². The van der Waals surface area contributed by atoms with Crippen molar-refractivity contribution in [2.75, 3.05) is 11.9 Å². The summed E-state index contributed by atoms with van der Waals surface area (Å²) < 4.78 is 35.6. The first-order valence-corrected chi connectivity index (χ1v) is 8.49. The molecule has 2 aromatic carbocycles. The Morgan fingerprint density at radius 3 is 2.36 bits per heavy atom. The van der Waals surface area contributed by atoms with Gasteiger partial charge < -0.3 is 14.8 Å². The number of hydrogen-bond donors (Lipinski definition) is 1. The molecule has 28 heavy (non-hydrogen) atoms. The van der Waals surface area contributed by atoms with Gasteiger partial charge in [-0.3, -0.25) is 4.79 Å². The number of hydrogen-bond acceptors (Lipinski definition) is 5. The number of carbonyl (C=O) groups excluding carboxylic acids is 1. The molecule has 0 bridgehead atoms. The van der Waals surface area contributed by atoms with Gasteiger partial charge >= 0.3 is 6.61 Å². The minimum Gasteiger partial charge on any atom is -0.494 e.